The van der Waals surface area contributed by atoms with Crippen LogP contribution in [0.2, 0.25) is 0 Å². The molecule has 5 aromatic rings. The Kier molecular flexibility index (Phi) is 10.2. The third-order valence-electron chi connectivity index (χ3n) is 12.2. The van der Waals surface area contributed by atoms with Crippen molar-refractivity contribution < 1.29 is 19.1 Å². The molecule has 4 heterocycles. The van der Waals surface area contributed by atoms with Crippen molar-refractivity contribution in [3.05, 3.63) is 84.6 Å². The summed E-state index contributed by atoms with van der Waals surface area (Å²) in [5.41, 5.74) is 14.4. The Labute approximate surface area is 327 Å². The lowest BCUT2D eigenvalue weighted by Gasteiger charge is -2.37. The van der Waals surface area contributed by atoms with Crippen molar-refractivity contribution in [3.63, 3.8) is 0 Å². The molecule has 3 amide bonds. The number of carbonyl (C=O) groups is 3. The lowest BCUT2D eigenvalue weighted by Crippen LogP contribution is -2.54. The monoisotopic (exact) mass is 756 g/mol. The van der Waals surface area contributed by atoms with E-state index in [1.165, 1.54) is 7.11 Å². The molecule has 2 saturated heterocycles. The molecule has 8 rings (SSSR count). The van der Waals surface area contributed by atoms with Gasteiger partial charge in [-0.1, -0.05) is 82.3 Å². The molecule has 6 atom stereocenters. The fraction of sp³-hybridized carbons (Fsp3) is 0.432. The maximum atomic E-state index is 13.9. The number of fused-ring (bicyclic) bond motifs is 3. The molecule has 292 valence electrons. The smallest absolute Gasteiger partial charge is 0.407 e. The van der Waals surface area contributed by atoms with Crippen molar-refractivity contribution in [2.45, 2.75) is 90.0 Å². The van der Waals surface area contributed by atoms with E-state index in [9.17, 15) is 14.4 Å². The van der Waals surface area contributed by atoms with E-state index in [1.807, 2.05) is 49.8 Å². The Hall–Kier alpha value is -5.49. The van der Waals surface area contributed by atoms with E-state index < -0.39 is 18.2 Å². The number of aromatic nitrogens is 4. The van der Waals surface area contributed by atoms with Crippen LogP contribution in [0.5, 0.6) is 0 Å². The average Bonchev–Trinajstić information content (AvgIpc) is 4.07. The van der Waals surface area contributed by atoms with Crippen LogP contribution in [-0.2, 0) is 14.3 Å². The van der Waals surface area contributed by atoms with Gasteiger partial charge in [-0.2, -0.15) is 0 Å². The summed E-state index contributed by atoms with van der Waals surface area (Å²) in [6.45, 7) is 8.53. The summed E-state index contributed by atoms with van der Waals surface area (Å²) in [6.07, 6.45) is 6.01. The Morgan fingerprint density at radius 2 is 1.48 bits per heavy atom. The Morgan fingerprint density at radius 1 is 0.821 bits per heavy atom. The quantitative estimate of drug-likeness (QED) is 0.116. The van der Waals surface area contributed by atoms with Gasteiger partial charge < -0.3 is 35.6 Å². The van der Waals surface area contributed by atoms with Crippen molar-refractivity contribution in [2.24, 2.45) is 23.5 Å². The van der Waals surface area contributed by atoms with Crippen LogP contribution in [0.1, 0.15) is 83.5 Å². The molecule has 3 aliphatic rings. The van der Waals surface area contributed by atoms with Crippen LogP contribution < -0.4 is 11.1 Å². The van der Waals surface area contributed by atoms with E-state index in [1.54, 1.807) is 0 Å². The highest BCUT2D eigenvalue weighted by Gasteiger charge is 2.51. The number of imidazole rings is 2. The van der Waals surface area contributed by atoms with E-state index >= 15 is 0 Å². The Bertz CT molecular complexity index is 2230. The molecule has 6 unspecified atom stereocenters. The number of nitrogens with one attached hydrogen (secondary N) is 3. The fourth-order valence-electron chi connectivity index (χ4n) is 9.01. The predicted octanol–water partition coefficient (Wildman–Crippen LogP) is 7.37. The van der Waals surface area contributed by atoms with Crippen LogP contribution >= 0.6 is 0 Å². The molecule has 2 aliphatic heterocycles. The summed E-state index contributed by atoms with van der Waals surface area (Å²) >= 11 is 0. The number of hydrogen-bond acceptors (Lipinski definition) is 7. The van der Waals surface area contributed by atoms with Crippen LogP contribution in [-0.4, -0.2) is 79.4 Å². The minimum atomic E-state index is -0.671. The number of carbonyl (C=O) groups excluding carboxylic acids is 3. The molecule has 5 N–H and O–H groups in total. The number of likely N-dealkylation sites (tertiary alicyclic amines) is 2. The van der Waals surface area contributed by atoms with Gasteiger partial charge in [0.1, 0.15) is 17.7 Å². The number of nitrogens with two attached hydrogens (primary N) is 1. The van der Waals surface area contributed by atoms with Crippen LogP contribution in [0.15, 0.2) is 72.9 Å². The van der Waals surface area contributed by atoms with Gasteiger partial charge in [0.05, 0.1) is 48.2 Å². The number of rotatable bonds is 10. The lowest BCUT2D eigenvalue weighted by molar-refractivity contribution is -0.139. The maximum Gasteiger partial charge on any atom is 0.407 e. The van der Waals surface area contributed by atoms with Gasteiger partial charge in [-0.3, -0.25) is 9.59 Å². The van der Waals surface area contributed by atoms with E-state index in [0.717, 1.165) is 88.3 Å². The molecule has 56 heavy (non-hydrogen) atoms. The average molecular weight is 757 g/mol. The Balaban J connectivity index is 0.956. The second-order valence-corrected chi connectivity index (χ2v) is 16.4. The second-order valence-electron chi connectivity index (χ2n) is 16.4. The third-order valence-corrected chi connectivity index (χ3v) is 12.2. The molecule has 3 aromatic carbocycles. The molecule has 12 nitrogen and oxygen atoms in total. The molecule has 2 bridgehead atoms. The summed E-state index contributed by atoms with van der Waals surface area (Å²) in [6, 6.07) is 22.0. The summed E-state index contributed by atoms with van der Waals surface area (Å²) in [7, 11) is 1.31. The summed E-state index contributed by atoms with van der Waals surface area (Å²) < 4.78 is 4.82. The molecule has 1 saturated carbocycles. The topological polar surface area (TPSA) is 162 Å². The molecule has 0 spiro atoms. The molecular formula is C44H52N8O4. The van der Waals surface area contributed by atoms with Gasteiger partial charge >= 0.3 is 6.09 Å². The first-order valence-corrected chi connectivity index (χ1v) is 20.0. The number of hydrogen-bond donors (Lipinski definition) is 4. The number of H-pyrrole nitrogens is 2. The molecular weight excluding hydrogens is 705 g/mol. The number of piperidine rings is 1. The van der Waals surface area contributed by atoms with Gasteiger partial charge in [0.2, 0.25) is 11.8 Å². The number of alkyl carbamates (subject to hydrolysis) is 1. The molecule has 3 fully saturated rings. The minimum absolute atomic E-state index is 0.00540. The third kappa shape index (κ3) is 6.95. The largest absolute Gasteiger partial charge is 0.453 e. The zero-order chi connectivity index (χ0) is 39.2. The van der Waals surface area contributed by atoms with Gasteiger partial charge in [-0.25, -0.2) is 14.8 Å². The van der Waals surface area contributed by atoms with Gasteiger partial charge in [0, 0.05) is 12.6 Å². The minimum Gasteiger partial charge on any atom is -0.453 e. The highest BCUT2D eigenvalue weighted by Crippen LogP contribution is 2.50. The SMILES string of the molecule is COC(=O)NC(C(=O)N1C2CCC(C2)C1c1ncc(-c2ccc(-c3ccc(-c4ccc5nc(C6CCCN6C(=O)C(N)C(C)C)[nH]c5c4)cc3)cc2)[nH]1)C(C)C. The van der Waals surface area contributed by atoms with Gasteiger partial charge in [-0.15, -0.1) is 0 Å². The van der Waals surface area contributed by atoms with Gasteiger partial charge in [0.15, 0.2) is 0 Å². The number of aromatic amines is 2. The summed E-state index contributed by atoms with van der Waals surface area (Å²) in [5, 5.41) is 2.76. The zero-order valence-corrected chi connectivity index (χ0v) is 32.8. The summed E-state index contributed by atoms with van der Waals surface area (Å²) in [5.74, 6) is 1.83. The van der Waals surface area contributed by atoms with E-state index in [2.05, 4.69) is 75.9 Å². The van der Waals surface area contributed by atoms with Crippen molar-refractivity contribution in [2.75, 3.05) is 13.7 Å². The highest BCUT2D eigenvalue weighted by atomic mass is 16.5. The van der Waals surface area contributed by atoms with Crippen LogP contribution in [0.4, 0.5) is 4.79 Å². The molecule has 2 aromatic heterocycles. The van der Waals surface area contributed by atoms with Crippen molar-refractivity contribution in [3.8, 4) is 33.5 Å². The highest BCUT2D eigenvalue weighted by molar-refractivity contribution is 5.87. The van der Waals surface area contributed by atoms with Crippen LogP contribution in [0.25, 0.3) is 44.5 Å². The number of benzene rings is 3. The van der Waals surface area contributed by atoms with Crippen LogP contribution in [0, 0.1) is 17.8 Å². The van der Waals surface area contributed by atoms with Crippen molar-refractivity contribution in [1.29, 1.82) is 0 Å². The number of methoxy groups -OCH3 is 1. The van der Waals surface area contributed by atoms with Crippen molar-refractivity contribution >= 4 is 28.9 Å². The number of nitrogens with zero attached hydrogens (tertiary/aromatic N) is 4. The second kappa shape index (κ2) is 15.2. The molecule has 1 aliphatic carbocycles. The number of ether oxygens (including phenoxy) is 1. The van der Waals surface area contributed by atoms with Crippen LogP contribution in [0.3, 0.4) is 0 Å². The lowest BCUT2D eigenvalue weighted by atomic mass is 9.95. The Morgan fingerprint density at radius 3 is 2.14 bits per heavy atom. The van der Waals surface area contributed by atoms with Crippen molar-refractivity contribution in [1.82, 2.24) is 35.1 Å². The first-order valence-electron chi connectivity index (χ1n) is 20.0. The van der Waals surface area contributed by atoms with Gasteiger partial charge in [0.25, 0.3) is 0 Å². The summed E-state index contributed by atoms with van der Waals surface area (Å²) in [4.78, 5) is 59.7. The van der Waals surface area contributed by atoms with E-state index in [4.69, 9.17) is 20.4 Å². The first kappa shape index (κ1) is 37.4. The first-order chi connectivity index (χ1) is 27.0. The zero-order valence-electron chi connectivity index (χ0n) is 32.8. The van der Waals surface area contributed by atoms with E-state index in [-0.39, 0.29) is 41.8 Å². The maximum absolute atomic E-state index is 13.9. The predicted molar refractivity (Wildman–Crippen MR) is 216 cm³/mol. The molecule has 12 heteroatoms. The fourth-order valence-corrected chi connectivity index (χ4v) is 9.01. The normalized spacial score (nSPS) is 21.6. The van der Waals surface area contributed by atoms with E-state index in [0.29, 0.717) is 12.5 Å². The standard InChI is InChI=1S/C44H52N8O4/c1-24(2)37(45)42(53)51-20-6-7-36(51)40-47-33-19-17-30(22-34(33)48-40)28-10-8-26(9-11-28)27-12-14-29(15-13-27)35-23-46-41(49-35)39-31-16-18-32(21-31)52(39)43(54)38(25(3)4)50-44(55)56-5/h8-15,17,19,22-25,31-32,36-39H,6-7,16,18,20-21,45H2,1-5H3,(H,46,49)(H,47,48)(H,50,55). The van der Waals surface area contributed by atoms with Gasteiger partial charge in [-0.05, 0) is 89.8 Å². The molecule has 0 radical (unpaired) electrons. The number of amides is 3.